The summed E-state index contributed by atoms with van der Waals surface area (Å²) >= 11 is 0. The first-order valence-electron chi connectivity index (χ1n) is 33.2. The van der Waals surface area contributed by atoms with E-state index in [0.717, 1.165) is 129 Å². The standard InChI is InChI=1S/C82H70N4O2/c1-79(2,3)53-35-38-83-76(44-53)86-71-29-18-16-27-60(71)61-33-32-57(46-72(61)86)87-56-24-20-23-55(45-56)84-49-85-77-63(51-31-34-75-66(39-51)62-28-17-19-30-74(62)88-75)42-54(80(4,5)6)43-68(77)65-48-70-69(81(7,8)36-37-82(70,9)10)47-64(65)58-25-14-15-26-59(58)67-40-52(41-73(84)78(67)85)50-21-12-11-13-22-50/h11-35,38-48H,36-37H2,1-10H3/i11D,12D,13D,21D,22D. The smallest absolute Gasteiger partial charge is 0.269 e. The number of furan rings is 1. The van der Waals surface area contributed by atoms with Crippen LogP contribution in [0.5, 0.6) is 11.5 Å². The first kappa shape index (κ1) is 48.3. The first-order chi connectivity index (χ1) is 44.4. The zero-order chi connectivity index (χ0) is 64.5. The average molecular weight is 1150 g/mol. The van der Waals surface area contributed by atoms with Gasteiger partial charge in [0.1, 0.15) is 28.5 Å². The van der Waals surface area contributed by atoms with Crippen molar-refractivity contribution in [3.63, 3.8) is 0 Å². The predicted octanol–water partition coefficient (Wildman–Crippen LogP) is 21.5. The molecule has 0 spiro atoms. The number of pyridine rings is 1. The maximum absolute atomic E-state index is 9.54. The summed E-state index contributed by atoms with van der Waals surface area (Å²) in [5.41, 5.74) is 19.6. The molecule has 0 amide bonds. The van der Waals surface area contributed by atoms with Gasteiger partial charge in [-0.2, -0.15) is 0 Å². The summed E-state index contributed by atoms with van der Waals surface area (Å²) < 4.78 is 65.9. The topological polar surface area (TPSA) is 49.0 Å². The van der Waals surface area contributed by atoms with Crippen molar-refractivity contribution < 1.29 is 20.6 Å². The first-order valence-corrected chi connectivity index (χ1v) is 30.7. The molecule has 88 heavy (non-hydrogen) atoms. The number of hydrogen-bond donors (Lipinski definition) is 0. The van der Waals surface area contributed by atoms with Gasteiger partial charge in [-0.3, -0.25) is 13.7 Å². The van der Waals surface area contributed by atoms with E-state index in [2.05, 4.69) is 217 Å². The Balaban J connectivity index is 1.01. The van der Waals surface area contributed by atoms with Gasteiger partial charge in [-0.25, -0.2) is 4.98 Å². The second kappa shape index (κ2) is 19.4. The zero-order valence-electron chi connectivity index (χ0n) is 56.4. The van der Waals surface area contributed by atoms with E-state index < -0.39 is 18.1 Å². The number of para-hydroxylation sites is 2. The summed E-state index contributed by atoms with van der Waals surface area (Å²) in [5.74, 6) is 2.05. The van der Waals surface area contributed by atoms with Crippen LogP contribution in [-0.4, -0.2) is 14.1 Å². The van der Waals surface area contributed by atoms with Gasteiger partial charge in [0.25, 0.3) is 6.33 Å². The molecule has 16 rings (SSSR count). The Morgan fingerprint density at radius 1 is 0.500 bits per heavy atom. The van der Waals surface area contributed by atoms with Gasteiger partial charge in [-0.05, 0) is 191 Å². The van der Waals surface area contributed by atoms with Crippen LogP contribution in [0.4, 0.5) is 0 Å². The van der Waals surface area contributed by atoms with E-state index in [9.17, 15) is 2.74 Å². The number of hydrogen-bond acceptors (Lipinski definition) is 3. The fourth-order valence-corrected chi connectivity index (χ4v) is 14.1. The molecule has 2 aliphatic rings. The Hall–Kier alpha value is -9.78. The minimum absolute atomic E-state index is 0.0900. The van der Waals surface area contributed by atoms with Crippen molar-refractivity contribution in [2.24, 2.45) is 0 Å². The average Bonchev–Trinajstić information content (AvgIpc) is 1.64. The van der Waals surface area contributed by atoms with Crippen LogP contribution >= 0.6 is 0 Å². The van der Waals surface area contributed by atoms with Crippen molar-refractivity contribution >= 4 is 54.8 Å². The Kier molecular flexibility index (Phi) is 10.6. The molecular formula is C82H70N4O2. The fourth-order valence-electron chi connectivity index (χ4n) is 14.1. The molecule has 10 aromatic carbocycles. The number of fused-ring (bicyclic) bond motifs is 14. The van der Waals surface area contributed by atoms with Crippen molar-refractivity contribution in [3.8, 4) is 84.3 Å². The number of rotatable bonds is 6. The summed E-state index contributed by atoms with van der Waals surface area (Å²) in [6, 6.07) is 62.3. The lowest BCUT2D eigenvalue weighted by atomic mass is 9.62. The molecular weight excluding hydrogens is 1070 g/mol. The molecule has 1 aliphatic carbocycles. The highest BCUT2D eigenvalue weighted by atomic mass is 16.5. The molecule has 0 radical (unpaired) electrons. The monoisotopic (exact) mass is 1150 g/mol. The van der Waals surface area contributed by atoms with Crippen LogP contribution in [0.25, 0.3) is 128 Å². The van der Waals surface area contributed by atoms with E-state index >= 15 is 0 Å². The summed E-state index contributed by atoms with van der Waals surface area (Å²) in [6.07, 6.45) is 8.00. The van der Waals surface area contributed by atoms with Crippen LogP contribution in [0.1, 0.15) is 111 Å². The molecule has 0 saturated heterocycles. The molecule has 0 fully saturated rings. The second-order valence-electron chi connectivity index (χ2n) is 27.7. The summed E-state index contributed by atoms with van der Waals surface area (Å²) in [6.45, 7) is 23.1. The maximum Gasteiger partial charge on any atom is 0.269 e. The van der Waals surface area contributed by atoms with Gasteiger partial charge in [0.2, 0.25) is 0 Å². The van der Waals surface area contributed by atoms with Crippen molar-refractivity contribution in [1.82, 2.24) is 14.1 Å². The van der Waals surface area contributed by atoms with Crippen LogP contribution in [0.15, 0.2) is 223 Å². The maximum atomic E-state index is 9.54. The highest BCUT2D eigenvalue weighted by Gasteiger charge is 2.39. The van der Waals surface area contributed by atoms with Gasteiger partial charge < -0.3 is 9.15 Å². The Morgan fingerprint density at radius 2 is 1.16 bits per heavy atom. The Labute approximate surface area is 522 Å². The highest BCUT2D eigenvalue weighted by Crippen LogP contribution is 2.54. The van der Waals surface area contributed by atoms with E-state index in [0.29, 0.717) is 22.6 Å². The molecule has 0 saturated carbocycles. The third-order valence-electron chi connectivity index (χ3n) is 19.0. The molecule has 430 valence electrons. The van der Waals surface area contributed by atoms with Crippen molar-refractivity contribution in [1.29, 1.82) is 0 Å². The number of aromatic nitrogens is 4. The summed E-state index contributed by atoms with van der Waals surface area (Å²) in [5, 5.41) is 4.23. The van der Waals surface area contributed by atoms with Crippen LogP contribution in [0, 0.1) is 6.33 Å². The van der Waals surface area contributed by atoms with Gasteiger partial charge in [0.15, 0.2) is 0 Å². The number of nitrogens with zero attached hydrogens (tertiary/aromatic N) is 4. The lowest BCUT2D eigenvalue weighted by Crippen LogP contribution is -2.34. The van der Waals surface area contributed by atoms with Gasteiger partial charge in [-0.15, -0.1) is 0 Å². The lowest BCUT2D eigenvalue weighted by Gasteiger charge is -2.42. The number of benzene rings is 10. The van der Waals surface area contributed by atoms with Gasteiger partial charge in [0.05, 0.1) is 40.3 Å². The molecule has 0 bridgehead atoms. The van der Waals surface area contributed by atoms with E-state index in [1.807, 2.05) is 60.8 Å². The van der Waals surface area contributed by atoms with E-state index in [4.69, 9.17) is 18.3 Å². The van der Waals surface area contributed by atoms with Crippen LogP contribution in [0.3, 0.4) is 0 Å². The quantitative estimate of drug-likeness (QED) is 0.123. The number of imidazole rings is 1. The summed E-state index contributed by atoms with van der Waals surface area (Å²) in [4.78, 5) is 4.95. The lowest BCUT2D eigenvalue weighted by molar-refractivity contribution is -0.570. The zero-order valence-corrected chi connectivity index (χ0v) is 51.4. The van der Waals surface area contributed by atoms with Crippen molar-refractivity contribution in [2.45, 2.75) is 104 Å². The van der Waals surface area contributed by atoms with Gasteiger partial charge in [0, 0.05) is 33.8 Å². The van der Waals surface area contributed by atoms with Crippen LogP contribution in [-0.2, 0) is 21.7 Å². The van der Waals surface area contributed by atoms with Gasteiger partial charge in [-0.1, -0.05) is 197 Å². The molecule has 1 aliphatic heterocycles. The summed E-state index contributed by atoms with van der Waals surface area (Å²) in [7, 11) is 0. The van der Waals surface area contributed by atoms with Gasteiger partial charge >= 0.3 is 0 Å². The third kappa shape index (κ3) is 8.58. The minimum atomic E-state index is -0.448. The molecule has 14 aromatic rings. The molecule has 0 unspecified atom stereocenters. The fraction of sp³-hybridized carbons (Fsp3) is 0.195. The normalized spacial score (nSPS) is 15.1. The molecule has 6 heteroatoms. The largest absolute Gasteiger partial charge is 0.458 e. The molecule has 4 aromatic heterocycles. The SMILES string of the molecule is [2H]c1c([2H])c([2H])c(-c2cc3c4c(c2)n(-c2cccc(Oc5ccc6c7ccccc7n(-c7cc(C(C)(C)C)ccn7)c6c5)c2)[c-][n+]4-c2c(-c4ccc5oc6ccccc6c5c4)cc(C(C)(C)C)cc2-c2cc4c(cc2-c2ccccc2-3)C(C)(C)CCC4(C)C)c([2H])c1[2H]. The predicted molar refractivity (Wildman–Crippen MR) is 363 cm³/mol. The van der Waals surface area contributed by atoms with E-state index in [1.54, 1.807) is 0 Å². The molecule has 0 N–H and O–H groups in total. The Morgan fingerprint density at radius 3 is 1.92 bits per heavy atom. The van der Waals surface area contributed by atoms with Crippen LogP contribution < -0.4 is 9.30 Å². The van der Waals surface area contributed by atoms with Crippen LogP contribution in [0.2, 0.25) is 0 Å². The third-order valence-corrected chi connectivity index (χ3v) is 19.0. The minimum Gasteiger partial charge on any atom is -0.458 e. The highest BCUT2D eigenvalue weighted by molar-refractivity contribution is 6.10. The molecule has 6 nitrogen and oxygen atoms in total. The van der Waals surface area contributed by atoms with Crippen molar-refractivity contribution in [2.75, 3.05) is 0 Å². The van der Waals surface area contributed by atoms with E-state index in [-0.39, 0.29) is 39.3 Å². The van der Waals surface area contributed by atoms with Crippen molar-refractivity contribution in [3.05, 3.63) is 247 Å². The van der Waals surface area contributed by atoms with E-state index in [1.165, 1.54) is 16.7 Å². The second-order valence-corrected chi connectivity index (χ2v) is 27.7. The molecule has 5 heterocycles. The number of ether oxygens (including phenoxy) is 1. The Bertz CT molecular complexity index is 5510. The molecule has 0 atom stereocenters.